The molecule has 0 spiro atoms. The summed E-state index contributed by atoms with van der Waals surface area (Å²) < 4.78 is 2.25. The Bertz CT molecular complexity index is 305. The minimum absolute atomic E-state index is 0.753. The largest absolute Gasteiger partial charge is 0.333 e. The number of fused-ring (bicyclic) bond motifs is 1. The standard InChI is InChI=1S/C10H18N4/c1-13-6-3-9-10(7-13)14(8-12-9)5-2-4-11/h8H,2-7,11H2,1H3. The maximum Gasteiger partial charge on any atom is 0.0952 e. The van der Waals surface area contributed by atoms with Crippen molar-refractivity contribution in [2.24, 2.45) is 5.73 Å². The first-order valence-corrected chi connectivity index (χ1v) is 5.22. The molecule has 0 saturated carbocycles. The van der Waals surface area contributed by atoms with Gasteiger partial charge >= 0.3 is 0 Å². The van der Waals surface area contributed by atoms with Crippen molar-refractivity contribution in [1.82, 2.24) is 14.5 Å². The van der Waals surface area contributed by atoms with Crippen LogP contribution in [0.1, 0.15) is 17.8 Å². The fourth-order valence-electron chi connectivity index (χ4n) is 1.93. The predicted molar refractivity (Wildman–Crippen MR) is 55.9 cm³/mol. The molecule has 0 amide bonds. The summed E-state index contributed by atoms with van der Waals surface area (Å²) in [5.74, 6) is 0. The number of rotatable bonds is 3. The van der Waals surface area contributed by atoms with Crippen molar-refractivity contribution in [3.63, 3.8) is 0 Å². The molecule has 78 valence electrons. The third kappa shape index (κ3) is 1.81. The fraction of sp³-hybridized carbons (Fsp3) is 0.700. The highest BCUT2D eigenvalue weighted by molar-refractivity contribution is 5.16. The Hall–Kier alpha value is -0.870. The van der Waals surface area contributed by atoms with E-state index < -0.39 is 0 Å². The normalized spacial score (nSPS) is 17.0. The molecule has 0 aliphatic carbocycles. The van der Waals surface area contributed by atoms with Crippen molar-refractivity contribution < 1.29 is 0 Å². The fourth-order valence-corrected chi connectivity index (χ4v) is 1.93. The molecule has 1 aromatic heterocycles. The summed E-state index contributed by atoms with van der Waals surface area (Å²) in [6, 6.07) is 0. The first-order chi connectivity index (χ1) is 6.81. The number of hydrogen-bond donors (Lipinski definition) is 1. The van der Waals surface area contributed by atoms with Crippen molar-refractivity contribution in [2.75, 3.05) is 20.1 Å². The van der Waals surface area contributed by atoms with Crippen LogP contribution in [-0.2, 0) is 19.5 Å². The Kier molecular flexibility index (Phi) is 2.84. The van der Waals surface area contributed by atoms with E-state index in [1.54, 1.807) is 0 Å². The van der Waals surface area contributed by atoms with Gasteiger partial charge in [-0.1, -0.05) is 0 Å². The molecule has 2 heterocycles. The Morgan fingerprint density at radius 2 is 2.43 bits per heavy atom. The van der Waals surface area contributed by atoms with Gasteiger partial charge in [-0.25, -0.2) is 4.98 Å². The van der Waals surface area contributed by atoms with Gasteiger partial charge in [0.1, 0.15) is 0 Å². The van der Waals surface area contributed by atoms with Gasteiger partial charge in [-0.3, -0.25) is 0 Å². The van der Waals surface area contributed by atoms with E-state index in [0.717, 1.165) is 39.0 Å². The quantitative estimate of drug-likeness (QED) is 0.748. The Balaban J connectivity index is 2.13. The SMILES string of the molecule is CN1CCc2ncn(CCCN)c2C1. The van der Waals surface area contributed by atoms with E-state index in [-0.39, 0.29) is 0 Å². The molecule has 2 rings (SSSR count). The second-order valence-corrected chi connectivity index (χ2v) is 3.96. The molecule has 1 aliphatic rings. The van der Waals surface area contributed by atoms with E-state index in [1.807, 2.05) is 6.33 Å². The molecule has 0 aromatic carbocycles. The van der Waals surface area contributed by atoms with Crippen LogP contribution >= 0.6 is 0 Å². The first kappa shape index (κ1) is 9.68. The van der Waals surface area contributed by atoms with E-state index >= 15 is 0 Å². The second-order valence-electron chi connectivity index (χ2n) is 3.96. The van der Waals surface area contributed by atoms with Crippen LogP contribution in [0.15, 0.2) is 6.33 Å². The third-order valence-electron chi connectivity index (χ3n) is 2.79. The molecule has 0 bridgehead atoms. The lowest BCUT2D eigenvalue weighted by molar-refractivity contribution is 0.300. The molecular formula is C10H18N4. The molecule has 4 nitrogen and oxygen atoms in total. The molecule has 2 N–H and O–H groups in total. The summed E-state index contributed by atoms with van der Waals surface area (Å²) in [6.45, 7) is 3.91. The highest BCUT2D eigenvalue weighted by atomic mass is 15.2. The van der Waals surface area contributed by atoms with Gasteiger partial charge < -0.3 is 15.2 Å². The van der Waals surface area contributed by atoms with Crippen LogP contribution in [0, 0.1) is 0 Å². The molecule has 0 radical (unpaired) electrons. The Morgan fingerprint density at radius 1 is 1.57 bits per heavy atom. The van der Waals surface area contributed by atoms with Crippen LogP contribution in [-0.4, -0.2) is 34.6 Å². The van der Waals surface area contributed by atoms with Gasteiger partial charge in [-0.05, 0) is 20.0 Å². The smallest absolute Gasteiger partial charge is 0.0952 e. The van der Waals surface area contributed by atoms with Gasteiger partial charge in [0.05, 0.1) is 17.7 Å². The lowest BCUT2D eigenvalue weighted by Crippen LogP contribution is -2.28. The molecule has 0 unspecified atom stereocenters. The Labute approximate surface area is 84.7 Å². The number of aromatic nitrogens is 2. The first-order valence-electron chi connectivity index (χ1n) is 5.22. The second kappa shape index (κ2) is 4.11. The van der Waals surface area contributed by atoms with Gasteiger partial charge in [-0.15, -0.1) is 0 Å². The van der Waals surface area contributed by atoms with Crippen LogP contribution in [0.4, 0.5) is 0 Å². The highest BCUT2D eigenvalue weighted by Crippen LogP contribution is 2.16. The number of likely N-dealkylation sites (N-methyl/N-ethyl adjacent to an activating group) is 1. The molecule has 0 saturated heterocycles. The van der Waals surface area contributed by atoms with E-state index in [2.05, 4.69) is 21.5 Å². The zero-order valence-corrected chi connectivity index (χ0v) is 8.74. The Morgan fingerprint density at radius 3 is 3.21 bits per heavy atom. The van der Waals surface area contributed by atoms with E-state index in [4.69, 9.17) is 5.73 Å². The van der Waals surface area contributed by atoms with Crippen LogP contribution in [0.2, 0.25) is 0 Å². The van der Waals surface area contributed by atoms with Crippen LogP contribution in [0.5, 0.6) is 0 Å². The van der Waals surface area contributed by atoms with Crippen LogP contribution < -0.4 is 5.73 Å². The van der Waals surface area contributed by atoms with Gasteiger partial charge in [0.15, 0.2) is 0 Å². The molecule has 0 fully saturated rings. The topological polar surface area (TPSA) is 47.1 Å². The zero-order chi connectivity index (χ0) is 9.97. The maximum atomic E-state index is 5.50. The summed E-state index contributed by atoms with van der Waals surface area (Å²) in [5.41, 5.74) is 8.16. The lowest BCUT2D eigenvalue weighted by atomic mass is 10.1. The minimum atomic E-state index is 0.753. The third-order valence-corrected chi connectivity index (χ3v) is 2.79. The van der Waals surface area contributed by atoms with Gasteiger partial charge in [0, 0.05) is 26.1 Å². The maximum absolute atomic E-state index is 5.50. The van der Waals surface area contributed by atoms with E-state index in [1.165, 1.54) is 11.4 Å². The van der Waals surface area contributed by atoms with Crippen LogP contribution in [0.25, 0.3) is 0 Å². The number of aryl methyl sites for hydroxylation is 1. The molecule has 0 atom stereocenters. The number of hydrogen-bond acceptors (Lipinski definition) is 3. The van der Waals surface area contributed by atoms with Crippen molar-refractivity contribution in [3.05, 3.63) is 17.7 Å². The zero-order valence-electron chi connectivity index (χ0n) is 8.74. The summed E-state index contributed by atoms with van der Waals surface area (Å²) in [5, 5.41) is 0. The molecule has 14 heavy (non-hydrogen) atoms. The summed E-state index contributed by atoms with van der Waals surface area (Å²) in [6.07, 6.45) is 4.08. The number of nitrogens with zero attached hydrogens (tertiary/aromatic N) is 3. The number of imidazole rings is 1. The number of nitrogens with two attached hydrogens (primary N) is 1. The average molecular weight is 194 g/mol. The lowest BCUT2D eigenvalue weighted by Gasteiger charge is -2.23. The van der Waals surface area contributed by atoms with Gasteiger partial charge in [-0.2, -0.15) is 0 Å². The average Bonchev–Trinajstić information content (AvgIpc) is 2.57. The molecular weight excluding hydrogens is 176 g/mol. The van der Waals surface area contributed by atoms with Crippen molar-refractivity contribution in [1.29, 1.82) is 0 Å². The van der Waals surface area contributed by atoms with Crippen molar-refractivity contribution in [3.8, 4) is 0 Å². The van der Waals surface area contributed by atoms with E-state index in [0.29, 0.717) is 0 Å². The predicted octanol–water partition coefficient (Wildman–Crippen LogP) is 0.220. The van der Waals surface area contributed by atoms with Gasteiger partial charge in [0.25, 0.3) is 0 Å². The summed E-state index contributed by atoms with van der Waals surface area (Å²) in [7, 11) is 2.16. The molecule has 1 aliphatic heterocycles. The van der Waals surface area contributed by atoms with E-state index in [9.17, 15) is 0 Å². The summed E-state index contributed by atoms with van der Waals surface area (Å²) >= 11 is 0. The van der Waals surface area contributed by atoms with Crippen molar-refractivity contribution in [2.45, 2.75) is 25.9 Å². The molecule has 1 aromatic rings. The monoisotopic (exact) mass is 194 g/mol. The van der Waals surface area contributed by atoms with Gasteiger partial charge in [0.2, 0.25) is 0 Å². The minimum Gasteiger partial charge on any atom is -0.333 e. The van der Waals surface area contributed by atoms with Crippen molar-refractivity contribution >= 4 is 0 Å². The highest BCUT2D eigenvalue weighted by Gasteiger charge is 2.17. The summed E-state index contributed by atoms with van der Waals surface area (Å²) in [4.78, 5) is 6.78. The van der Waals surface area contributed by atoms with Crippen LogP contribution in [0.3, 0.4) is 0 Å². The molecule has 4 heteroatoms.